The minimum atomic E-state index is -3.40. The lowest BCUT2D eigenvalue weighted by atomic mass is 10.2. The average molecular weight is 288 g/mol. The van der Waals surface area contributed by atoms with Crippen molar-refractivity contribution in [3.63, 3.8) is 0 Å². The van der Waals surface area contributed by atoms with Crippen LogP contribution in [0, 0.1) is 6.92 Å². The molecular formula is C16H16O3S. The van der Waals surface area contributed by atoms with Crippen LogP contribution in [0.1, 0.15) is 11.1 Å². The maximum absolute atomic E-state index is 12.1. The van der Waals surface area contributed by atoms with E-state index in [0.29, 0.717) is 4.90 Å². The highest BCUT2D eigenvalue weighted by Gasteiger charge is 2.09. The molecule has 2 aromatic carbocycles. The molecule has 0 aliphatic rings. The van der Waals surface area contributed by atoms with Crippen molar-refractivity contribution in [2.75, 3.05) is 7.11 Å². The molecule has 0 N–H and O–H groups in total. The number of methoxy groups -OCH3 is 1. The van der Waals surface area contributed by atoms with Gasteiger partial charge in [0.05, 0.1) is 12.0 Å². The summed E-state index contributed by atoms with van der Waals surface area (Å²) >= 11 is 0. The SMILES string of the molecule is COc1ccc(C=CS(=O)(=O)c2ccc(C)cc2)cc1. The number of aryl methyl sites for hydroxylation is 1. The summed E-state index contributed by atoms with van der Waals surface area (Å²) in [6.45, 7) is 1.92. The van der Waals surface area contributed by atoms with Crippen molar-refractivity contribution in [3.8, 4) is 5.75 Å². The molecule has 2 aromatic rings. The zero-order valence-corrected chi connectivity index (χ0v) is 12.2. The first-order valence-corrected chi connectivity index (χ1v) is 7.70. The molecule has 104 valence electrons. The van der Waals surface area contributed by atoms with E-state index in [1.165, 1.54) is 5.41 Å². The zero-order chi connectivity index (χ0) is 14.6. The lowest BCUT2D eigenvalue weighted by Gasteiger charge is -2.01. The normalized spacial score (nSPS) is 11.7. The Balaban J connectivity index is 2.22. The first kappa shape index (κ1) is 14.3. The van der Waals surface area contributed by atoms with Crippen molar-refractivity contribution in [3.05, 3.63) is 65.1 Å². The van der Waals surface area contributed by atoms with Gasteiger partial charge in [0.1, 0.15) is 5.75 Å². The quantitative estimate of drug-likeness (QED) is 0.865. The molecule has 0 aromatic heterocycles. The van der Waals surface area contributed by atoms with Crippen molar-refractivity contribution >= 4 is 15.9 Å². The summed E-state index contributed by atoms with van der Waals surface area (Å²) in [6, 6.07) is 14.0. The van der Waals surface area contributed by atoms with Crippen molar-refractivity contribution in [1.29, 1.82) is 0 Å². The van der Waals surface area contributed by atoms with Crippen LogP contribution in [0.15, 0.2) is 58.8 Å². The van der Waals surface area contributed by atoms with Gasteiger partial charge >= 0.3 is 0 Å². The molecule has 2 rings (SSSR count). The van der Waals surface area contributed by atoms with Gasteiger partial charge in [-0.1, -0.05) is 29.8 Å². The maximum atomic E-state index is 12.1. The van der Waals surface area contributed by atoms with E-state index in [0.717, 1.165) is 16.9 Å². The van der Waals surface area contributed by atoms with Gasteiger partial charge in [0.25, 0.3) is 0 Å². The van der Waals surface area contributed by atoms with Gasteiger partial charge in [-0.15, -0.1) is 0 Å². The van der Waals surface area contributed by atoms with Crippen molar-refractivity contribution in [2.24, 2.45) is 0 Å². The van der Waals surface area contributed by atoms with Gasteiger partial charge in [-0.05, 0) is 42.8 Å². The number of hydrogen-bond donors (Lipinski definition) is 0. The first-order valence-electron chi connectivity index (χ1n) is 6.15. The van der Waals surface area contributed by atoms with Gasteiger partial charge in [0.2, 0.25) is 0 Å². The molecule has 0 bridgehead atoms. The van der Waals surface area contributed by atoms with Gasteiger partial charge < -0.3 is 4.74 Å². The second-order valence-electron chi connectivity index (χ2n) is 4.43. The lowest BCUT2D eigenvalue weighted by Crippen LogP contribution is -1.95. The summed E-state index contributed by atoms with van der Waals surface area (Å²) in [5.74, 6) is 0.739. The second kappa shape index (κ2) is 5.92. The second-order valence-corrected chi connectivity index (χ2v) is 6.27. The van der Waals surface area contributed by atoms with Gasteiger partial charge in [0.15, 0.2) is 9.84 Å². The molecule has 0 unspecified atom stereocenters. The molecule has 0 saturated carbocycles. The predicted molar refractivity (Wildman–Crippen MR) is 80.4 cm³/mol. The summed E-state index contributed by atoms with van der Waals surface area (Å²) in [6.07, 6.45) is 1.58. The molecule has 0 spiro atoms. The van der Waals surface area contributed by atoms with Crippen LogP contribution in [0.3, 0.4) is 0 Å². The molecule has 0 atom stereocenters. The number of sulfone groups is 1. The monoisotopic (exact) mass is 288 g/mol. The van der Waals surface area contributed by atoms with E-state index in [1.807, 2.05) is 6.92 Å². The summed E-state index contributed by atoms with van der Waals surface area (Å²) in [4.78, 5) is 0.299. The molecule has 0 heterocycles. The number of hydrogen-bond acceptors (Lipinski definition) is 3. The molecule has 0 radical (unpaired) electrons. The Bertz CT molecular complexity index is 696. The van der Waals surface area contributed by atoms with Gasteiger partial charge in [-0.25, -0.2) is 8.42 Å². The van der Waals surface area contributed by atoms with Crippen LogP contribution in [0.25, 0.3) is 6.08 Å². The Morgan fingerprint density at radius 1 is 0.950 bits per heavy atom. The van der Waals surface area contributed by atoms with E-state index in [-0.39, 0.29) is 0 Å². The van der Waals surface area contributed by atoms with Crippen LogP contribution in [-0.2, 0) is 9.84 Å². The summed E-state index contributed by atoms with van der Waals surface area (Å²) in [5.41, 5.74) is 1.84. The Hall–Kier alpha value is -2.07. The molecule has 0 saturated heterocycles. The van der Waals surface area contributed by atoms with Crippen LogP contribution >= 0.6 is 0 Å². The third-order valence-corrected chi connectivity index (χ3v) is 4.33. The smallest absolute Gasteiger partial charge is 0.199 e. The fourth-order valence-corrected chi connectivity index (χ4v) is 2.70. The van der Waals surface area contributed by atoms with Gasteiger partial charge in [-0.2, -0.15) is 0 Å². The van der Waals surface area contributed by atoms with E-state index in [4.69, 9.17) is 4.74 Å². The molecule has 20 heavy (non-hydrogen) atoms. The highest BCUT2D eigenvalue weighted by atomic mass is 32.2. The van der Waals surface area contributed by atoms with E-state index >= 15 is 0 Å². The fourth-order valence-electron chi connectivity index (χ4n) is 1.69. The van der Waals surface area contributed by atoms with Crippen molar-refractivity contribution < 1.29 is 13.2 Å². The minimum absolute atomic E-state index is 0.299. The Kier molecular flexibility index (Phi) is 4.25. The molecule has 0 amide bonds. The largest absolute Gasteiger partial charge is 0.497 e. The number of ether oxygens (including phenoxy) is 1. The number of rotatable bonds is 4. The maximum Gasteiger partial charge on any atom is 0.199 e. The lowest BCUT2D eigenvalue weighted by molar-refractivity contribution is 0.415. The average Bonchev–Trinajstić information content (AvgIpc) is 2.46. The molecule has 0 aliphatic heterocycles. The third-order valence-electron chi connectivity index (χ3n) is 2.90. The van der Waals surface area contributed by atoms with Gasteiger partial charge in [-0.3, -0.25) is 0 Å². The summed E-state index contributed by atoms with van der Waals surface area (Å²) < 4.78 is 29.3. The van der Waals surface area contributed by atoms with E-state index < -0.39 is 9.84 Å². The Morgan fingerprint density at radius 3 is 2.10 bits per heavy atom. The van der Waals surface area contributed by atoms with Gasteiger partial charge in [0, 0.05) is 5.41 Å². The van der Waals surface area contributed by atoms with Crippen LogP contribution in [0.5, 0.6) is 5.75 Å². The summed E-state index contributed by atoms with van der Waals surface area (Å²) in [7, 11) is -1.81. The number of benzene rings is 2. The molecule has 3 nitrogen and oxygen atoms in total. The van der Waals surface area contributed by atoms with Crippen molar-refractivity contribution in [1.82, 2.24) is 0 Å². The minimum Gasteiger partial charge on any atom is -0.497 e. The van der Waals surface area contributed by atoms with Crippen LogP contribution in [0.4, 0.5) is 0 Å². The predicted octanol–water partition coefficient (Wildman–Crippen LogP) is 3.45. The highest BCUT2D eigenvalue weighted by molar-refractivity contribution is 7.94. The van der Waals surface area contributed by atoms with E-state index in [9.17, 15) is 8.42 Å². The Labute approximate surface area is 119 Å². The molecule has 0 aliphatic carbocycles. The van der Waals surface area contributed by atoms with Crippen molar-refractivity contribution in [2.45, 2.75) is 11.8 Å². The zero-order valence-electron chi connectivity index (χ0n) is 11.4. The topological polar surface area (TPSA) is 43.4 Å². The van der Waals surface area contributed by atoms with Crippen LogP contribution in [-0.4, -0.2) is 15.5 Å². The van der Waals surface area contributed by atoms with E-state index in [2.05, 4.69) is 0 Å². The molecule has 0 fully saturated rings. The third kappa shape index (κ3) is 3.48. The first-order chi connectivity index (χ1) is 9.51. The summed E-state index contributed by atoms with van der Waals surface area (Å²) in [5, 5.41) is 1.22. The van der Waals surface area contributed by atoms with E-state index in [1.54, 1.807) is 61.7 Å². The van der Waals surface area contributed by atoms with Crippen LogP contribution in [0.2, 0.25) is 0 Å². The van der Waals surface area contributed by atoms with Crippen LogP contribution < -0.4 is 4.74 Å². The highest BCUT2D eigenvalue weighted by Crippen LogP contribution is 2.16. The molecule has 4 heteroatoms. The Morgan fingerprint density at radius 2 is 1.55 bits per heavy atom. The fraction of sp³-hybridized carbons (Fsp3) is 0.125. The standard InChI is InChI=1S/C16H16O3S/c1-13-3-9-16(10-4-13)20(17,18)12-11-14-5-7-15(19-2)8-6-14/h3-12H,1-2H3. The molecular weight excluding hydrogens is 272 g/mol.